The van der Waals surface area contributed by atoms with E-state index < -0.39 is 11.9 Å². The average Bonchev–Trinajstić information content (AvgIpc) is 2.56. The van der Waals surface area contributed by atoms with Crippen molar-refractivity contribution in [2.75, 3.05) is 6.54 Å². The van der Waals surface area contributed by atoms with Gasteiger partial charge in [0.1, 0.15) is 11.8 Å². The van der Waals surface area contributed by atoms with E-state index in [0.717, 1.165) is 25.8 Å². The van der Waals surface area contributed by atoms with Gasteiger partial charge in [-0.1, -0.05) is 33.6 Å². The third-order valence-corrected chi connectivity index (χ3v) is 3.42. The molecule has 1 aliphatic heterocycles. The van der Waals surface area contributed by atoms with Crippen LogP contribution in [0.3, 0.4) is 0 Å². The largest absolute Gasteiger partial charge is 0.481 e. The fourth-order valence-corrected chi connectivity index (χ4v) is 2.29. The second kappa shape index (κ2) is 5.93. The number of nitrogens with one attached hydrogen (secondary N) is 1. The van der Waals surface area contributed by atoms with Crippen molar-refractivity contribution in [1.82, 2.24) is 5.32 Å². The summed E-state index contributed by atoms with van der Waals surface area (Å²) in [6, 6.07) is 0. The third kappa shape index (κ3) is 5.62. The van der Waals surface area contributed by atoms with Crippen LogP contribution in [0.25, 0.3) is 0 Å². The molecule has 0 aromatic heterocycles. The fraction of sp³-hybridized carbons (Fsp3) is 0.867. The lowest BCUT2D eigenvalue weighted by atomic mass is 9.88. The molecule has 1 heterocycles. The third-order valence-electron chi connectivity index (χ3n) is 3.42. The highest BCUT2D eigenvalue weighted by Gasteiger charge is 2.32. The Hall–Kier alpha value is -1.06. The van der Waals surface area contributed by atoms with Crippen molar-refractivity contribution in [2.45, 2.75) is 65.8 Å². The van der Waals surface area contributed by atoms with Gasteiger partial charge in [0.2, 0.25) is 0 Å². The zero-order valence-corrected chi connectivity index (χ0v) is 12.9. The molecule has 0 saturated carbocycles. The molecule has 0 radical (unpaired) electrons. The van der Waals surface area contributed by atoms with Gasteiger partial charge in [0.15, 0.2) is 0 Å². The molecule has 0 fully saturated rings. The summed E-state index contributed by atoms with van der Waals surface area (Å²) in [5.74, 6) is -0.574. The molecule has 0 aromatic carbocycles. The standard InChI is InChI=1S/C15H28N2O2/c1-14(2,3)9-7-6-8-11(13(18)19)12-16-10-15(4,5)17-12/h11H,6-10H2,1-5H3,(H,16,17)(H,18,19). The number of carboxylic acid groups (broad SMARTS) is 1. The van der Waals surface area contributed by atoms with E-state index in [9.17, 15) is 9.90 Å². The SMILES string of the molecule is CC(C)(C)CCCCC(C(=O)O)C1=NC(C)(C)CN1. The van der Waals surface area contributed by atoms with Gasteiger partial charge in [-0.25, -0.2) is 0 Å². The maximum Gasteiger partial charge on any atom is 0.314 e. The maximum absolute atomic E-state index is 11.4. The quantitative estimate of drug-likeness (QED) is 0.728. The van der Waals surface area contributed by atoms with Crippen molar-refractivity contribution in [3.63, 3.8) is 0 Å². The normalized spacial score (nSPS) is 19.7. The molecule has 0 spiro atoms. The van der Waals surface area contributed by atoms with Crippen LogP contribution in [0.4, 0.5) is 0 Å². The van der Waals surface area contributed by atoms with Crippen LogP contribution in [-0.4, -0.2) is 29.0 Å². The van der Waals surface area contributed by atoms with E-state index in [1.165, 1.54) is 0 Å². The first kappa shape index (κ1) is 16.0. The highest BCUT2D eigenvalue weighted by Crippen LogP contribution is 2.24. The second-order valence-electron chi connectivity index (χ2n) is 7.36. The number of amidine groups is 1. The van der Waals surface area contributed by atoms with Gasteiger partial charge in [-0.15, -0.1) is 0 Å². The molecular formula is C15H28N2O2. The Balaban J connectivity index is 2.49. The molecule has 1 aliphatic rings. The first-order valence-corrected chi connectivity index (χ1v) is 7.17. The van der Waals surface area contributed by atoms with E-state index in [2.05, 4.69) is 31.1 Å². The van der Waals surface area contributed by atoms with Gasteiger partial charge in [0.05, 0.1) is 5.54 Å². The lowest BCUT2D eigenvalue weighted by molar-refractivity contribution is -0.139. The van der Waals surface area contributed by atoms with Gasteiger partial charge < -0.3 is 10.4 Å². The molecule has 0 aromatic rings. The van der Waals surface area contributed by atoms with Gasteiger partial charge in [-0.05, 0) is 32.1 Å². The Morgan fingerprint density at radius 1 is 1.42 bits per heavy atom. The summed E-state index contributed by atoms with van der Waals surface area (Å²) in [6.45, 7) is 11.4. The Morgan fingerprint density at radius 2 is 2.05 bits per heavy atom. The van der Waals surface area contributed by atoms with Crippen molar-refractivity contribution in [2.24, 2.45) is 16.3 Å². The summed E-state index contributed by atoms with van der Waals surface area (Å²) < 4.78 is 0. The van der Waals surface area contributed by atoms with Gasteiger partial charge in [0, 0.05) is 6.54 Å². The van der Waals surface area contributed by atoms with Crippen molar-refractivity contribution in [3.05, 3.63) is 0 Å². The summed E-state index contributed by atoms with van der Waals surface area (Å²) in [4.78, 5) is 15.9. The zero-order valence-electron chi connectivity index (χ0n) is 12.9. The highest BCUT2D eigenvalue weighted by atomic mass is 16.4. The number of carbonyl (C=O) groups is 1. The van der Waals surface area contributed by atoms with Gasteiger partial charge >= 0.3 is 5.97 Å². The van der Waals surface area contributed by atoms with Crippen LogP contribution in [0.5, 0.6) is 0 Å². The van der Waals surface area contributed by atoms with E-state index in [-0.39, 0.29) is 5.54 Å². The molecule has 19 heavy (non-hydrogen) atoms. The average molecular weight is 268 g/mol. The lowest BCUT2D eigenvalue weighted by Crippen LogP contribution is -2.33. The number of aliphatic imine (C=N–C) groups is 1. The van der Waals surface area contributed by atoms with Crippen LogP contribution in [0.15, 0.2) is 4.99 Å². The number of hydrogen-bond acceptors (Lipinski definition) is 3. The molecular weight excluding hydrogens is 240 g/mol. The van der Waals surface area contributed by atoms with E-state index in [1.807, 2.05) is 13.8 Å². The smallest absolute Gasteiger partial charge is 0.314 e. The maximum atomic E-state index is 11.4. The second-order valence-corrected chi connectivity index (χ2v) is 7.36. The van der Waals surface area contributed by atoms with E-state index in [4.69, 9.17) is 0 Å². The minimum atomic E-state index is -0.764. The molecule has 0 aliphatic carbocycles. The summed E-state index contributed by atoms with van der Waals surface area (Å²) in [5.41, 5.74) is 0.151. The number of carboxylic acids is 1. The van der Waals surface area contributed by atoms with Crippen molar-refractivity contribution in [3.8, 4) is 0 Å². The first-order chi connectivity index (χ1) is 8.61. The summed E-state index contributed by atoms with van der Waals surface area (Å²) in [6.07, 6.45) is 3.82. The van der Waals surface area contributed by atoms with Crippen molar-refractivity contribution >= 4 is 11.8 Å². The lowest BCUT2D eigenvalue weighted by Gasteiger charge is -2.18. The first-order valence-electron chi connectivity index (χ1n) is 7.17. The molecule has 1 atom stereocenters. The molecule has 0 bridgehead atoms. The van der Waals surface area contributed by atoms with Crippen molar-refractivity contribution < 1.29 is 9.90 Å². The van der Waals surface area contributed by atoms with Gasteiger partial charge in [-0.2, -0.15) is 0 Å². The van der Waals surface area contributed by atoms with Crippen LogP contribution in [-0.2, 0) is 4.79 Å². The van der Waals surface area contributed by atoms with Crippen LogP contribution in [0.2, 0.25) is 0 Å². The molecule has 2 N–H and O–H groups in total. The molecule has 1 unspecified atom stereocenters. The predicted octanol–water partition coefficient (Wildman–Crippen LogP) is 3.07. The number of hydrogen-bond donors (Lipinski definition) is 2. The Morgan fingerprint density at radius 3 is 2.47 bits per heavy atom. The molecule has 0 saturated heterocycles. The number of nitrogens with zero attached hydrogens (tertiary/aromatic N) is 1. The topological polar surface area (TPSA) is 61.7 Å². The minimum absolute atomic E-state index is 0.172. The molecule has 4 nitrogen and oxygen atoms in total. The molecule has 4 heteroatoms. The van der Waals surface area contributed by atoms with E-state index >= 15 is 0 Å². The molecule has 0 amide bonds. The number of rotatable bonds is 6. The summed E-state index contributed by atoms with van der Waals surface area (Å²) >= 11 is 0. The van der Waals surface area contributed by atoms with E-state index in [1.54, 1.807) is 0 Å². The van der Waals surface area contributed by atoms with Crippen molar-refractivity contribution in [1.29, 1.82) is 0 Å². The number of unbranched alkanes of at least 4 members (excludes halogenated alkanes) is 1. The fourth-order valence-electron chi connectivity index (χ4n) is 2.29. The number of aliphatic carboxylic acids is 1. The van der Waals surface area contributed by atoms with Crippen LogP contribution >= 0.6 is 0 Å². The molecule has 1 rings (SSSR count). The minimum Gasteiger partial charge on any atom is -0.481 e. The summed E-state index contributed by atoms with van der Waals surface area (Å²) in [7, 11) is 0. The van der Waals surface area contributed by atoms with Crippen LogP contribution < -0.4 is 5.32 Å². The zero-order chi connectivity index (χ0) is 14.7. The van der Waals surface area contributed by atoms with Gasteiger partial charge in [0.25, 0.3) is 0 Å². The van der Waals surface area contributed by atoms with Crippen LogP contribution in [0, 0.1) is 11.3 Å². The Labute approximate surface area is 116 Å². The molecule has 110 valence electrons. The van der Waals surface area contributed by atoms with Gasteiger partial charge in [-0.3, -0.25) is 9.79 Å². The monoisotopic (exact) mass is 268 g/mol. The summed E-state index contributed by atoms with van der Waals surface area (Å²) in [5, 5.41) is 12.5. The van der Waals surface area contributed by atoms with Crippen LogP contribution in [0.1, 0.15) is 60.3 Å². The Bertz CT molecular complexity index is 354. The van der Waals surface area contributed by atoms with E-state index in [0.29, 0.717) is 17.7 Å². The highest BCUT2D eigenvalue weighted by molar-refractivity contribution is 6.01. The Kier molecular flexibility index (Phi) is 4.99. The predicted molar refractivity (Wildman–Crippen MR) is 78.6 cm³/mol.